The van der Waals surface area contributed by atoms with E-state index in [1.807, 2.05) is 0 Å². The molecule has 4 unspecified atom stereocenters. The summed E-state index contributed by atoms with van der Waals surface area (Å²) in [5, 5.41) is 13.6. The van der Waals surface area contributed by atoms with Crippen molar-refractivity contribution in [2.24, 2.45) is 5.11 Å². The fraction of sp³-hybridized carbons (Fsp3) is 1.00. The number of rotatable bonds is 1. The van der Waals surface area contributed by atoms with Gasteiger partial charge in [0.2, 0.25) is 0 Å². The summed E-state index contributed by atoms with van der Waals surface area (Å²) in [5.74, 6) is 0. The van der Waals surface area contributed by atoms with E-state index in [1.54, 1.807) is 13.8 Å². The third-order valence-corrected chi connectivity index (χ3v) is 2.95. The number of azide groups is 1. The van der Waals surface area contributed by atoms with Gasteiger partial charge in [0.1, 0.15) is 12.2 Å². The molecule has 7 heteroatoms. The molecule has 0 aromatic rings. The lowest BCUT2D eigenvalue weighted by molar-refractivity contribution is -0.302. The Morgan fingerprint density at radius 3 is 2.81 bits per heavy atom. The lowest BCUT2D eigenvalue weighted by Gasteiger charge is -2.45. The standard InChI is InChI=1S/C9H15N3O4/c1-4-7(11-12-10)8(13)9-6(15-4)3-14-5(2)16-9/h4-9,13H,3H2,1-2H3/t4?,5?,6?,7-,8+,9?/m0/s1. The largest absolute Gasteiger partial charge is 0.390 e. The van der Waals surface area contributed by atoms with Crippen molar-refractivity contribution < 1.29 is 19.3 Å². The lowest BCUT2D eigenvalue weighted by Crippen LogP contribution is -2.61. The van der Waals surface area contributed by atoms with Gasteiger partial charge in [-0.2, -0.15) is 0 Å². The van der Waals surface area contributed by atoms with E-state index in [2.05, 4.69) is 10.0 Å². The molecule has 16 heavy (non-hydrogen) atoms. The SMILES string of the molecule is CC1OCC2OC(C)[C@H](N=[N+]=[N-])[C@@H](O)C2O1. The Morgan fingerprint density at radius 1 is 1.38 bits per heavy atom. The van der Waals surface area contributed by atoms with Crippen molar-refractivity contribution >= 4 is 0 Å². The zero-order valence-electron chi connectivity index (χ0n) is 9.18. The van der Waals surface area contributed by atoms with Crippen molar-refractivity contribution in [1.29, 1.82) is 0 Å². The van der Waals surface area contributed by atoms with Crippen LogP contribution in [0.2, 0.25) is 0 Å². The van der Waals surface area contributed by atoms with E-state index in [-0.39, 0.29) is 18.5 Å². The van der Waals surface area contributed by atoms with Gasteiger partial charge in [-0.1, -0.05) is 5.11 Å². The predicted octanol–water partition coefficient (Wildman–Crippen LogP) is 0.575. The summed E-state index contributed by atoms with van der Waals surface area (Å²) in [6.45, 7) is 3.90. The monoisotopic (exact) mass is 229 g/mol. The third-order valence-electron chi connectivity index (χ3n) is 2.95. The van der Waals surface area contributed by atoms with Crippen molar-refractivity contribution in [2.75, 3.05) is 6.61 Å². The van der Waals surface area contributed by atoms with Gasteiger partial charge in [0.15, 0.2) is 6.29 Å². The van der Waals surface area contributed by atoms with Crippen molar-refractivity contribution in [3.63, 3.8) is 0 Å². The highest BCUT2D eigenvalue weighted by Crippen LogP contribution is 2.29. The number of aliphatic hydroxyl groups is 1. The number of hydrogen-bond donors (Lipinski definition) is 1. The van der Waals surface area contributed by atoms with Crippen LogP contribution in [0, 0.1) is 0 Å². The molecule has 1 N–H and O–H groups in total. The van der Waals surface area contributed by atoms with Gasteiger partial charge in [-0.15, -0.1) is 0 Å². The Morgan fingerprint density at radius 2 is 2.12 bits per heavy atom. The van der Waals surface area contributed by atoms with Gasteiger partial charge in [-0.25, -0.2) is 0 Å². The van der Waals surface area contributed by atoms with Crippen molar-refractivity contribution in [3.05, 3.63) is 10.4 Å². The Kier molecular flexibility index (Phi) is 3.32. The second-order valence-corrected chi connectivity index (χ2v) is 4.07. The summed E-state index contributed by atoms with van der Waals surface area (Å²) < 4.78 is 16.3. The van der Waals surface area contributed by atoms with Crippen LogP contribution in [0.15, 0.2) is 5.11 Å². The molecule has 6 atom stereocenters. The van der Waals surface area contributed by atoms with E-state index < -0.39 is 18.2 Å². The topological polar surface area (TPSA) is 96.7 Å². The number of aliphatic hydroxyl groups excluding tert-OH is 1. The van der Waals surface area contributed by atoms with Crippen LogP contribution in [-0.4, -0.2) is 48.5 Å². The van der Waals surface area contributed by atoms with Gasteiger partial charge >= 0.3 is 0 Å². The zero-order valence-corrected chi connectivity index (χ0v) is 9.18. The van der Waals surface area contributed by atoms with Crippen LogP contribution in [0.1, 0.15) is 13.8 Å². The van der Waals surface area contributed by atoms with Gasteiger partial charge < -0.3 is 19.3 Å². The molecular formula is C9H15N3O4. The van der Waals surface area contributed by atoms with Crippen molar-refractivity contribution in [2.45, 2.75) is 50.6 Å². The lowest BCUT2D eigenvalue weighted by atomic mass is 9.93. The molecule has 2 aliphatic heterocycles. The molecule has 0 saturated carbocycles. The van der Waals surface area contributed by atoms with Crippen molar-refractivity contribution in [1.82, 2.24) is 0 Å². The molecule has 2 aliphatic rings. The van der Waals surface area contributed by atoms with Crippen LogP contribution >= 0.6 is 0 Å². The average Bonchev–Trinajstić information content (AvgIpc) is 2.26. The highest BCUT2D eigenvalue weighted by Gasteiger charge is 2.46. The van der Waals surface area contributed by atoms with E-state index >= 15 is 0 Å². The van der Waals surface area contributed by atoms with Crippen LogP contribution in [0.3, 0.4) is 0 Å². The summed E-state index contributed by atoms with van der Waals surface area (Å²) in [4.78, 5) is 2.72. The number of ether oxygens (including phenoxy) is 3. The highest BCUT2D eigenvalue weighted by atomic mass is 16.7. The molecule has 0 aromatic heterocycles. The first-order valence-corrected chi connectivity index (χ1v) is 5.28. The molecule has 90 valence electrons. The molecule has 2 fully saturated rings. The summed E-state index contributed by atoms with van der Waals surface area (Å²) in [5.41, 5.74) is 8.43. The average molecular weight is 229 g/mol. The van der Waals surface area contributed by atoms with Crippen LogP contribution in [-0.2, 0) is 14.2 Å². The first-order chi connectivity index (χ1) is 7.63. The van der Waals surface area contributed by atoms with E-state index in [9.17, 15) is 5.11 Å². The Labute approximate surface area is 92.9 Å². The first kappa shape index (κ1) is 11.6. The fourth-order valence-electron chi connectivity index (χ4n) is 2.14. The number of hydrogen-bond acceptors (Lipinski definition) is 5. The smallest absolute Gasteiger partial charge is 0.155 e. The Bertz CT molecular complexity index is 307. The molecule has 0 spiro atoms. The molecule has 0 aliphatic carbocycles. The van der Waals surface area contributed by atoms with E-state index in [1.165, 1.54) is 0 Å². The molecule has 2 heterocycles. The second kappa shape index (κ2) is 4.57. The molecule has 0 bridgehead atoms. The minimum Gasteiger partial charge on any atom is -0.390 e. The predicted molar refractivity (Wildman–Crippen MR) is 53.6 cm³/mol. The summed E-state index contributed by atoms with van der Waals surface area (Å²) >= 11 is 0. The first-order valence-electron chi connectivity index (χ1n) is 5.28. The minimum absolute atomic E-state index is 0.300. The number of fused-ring (bicyclic) bond motifs is 1. The molecule has 2 rings (SSSR count). The van der Waals surface area contributed by atoms with E-state index in [0.29, 0.717) is 6.61 Å². The summed E-state index contributed by atoms with van der Waals surface area (Å²) in [6.07, 6.45) is -2.36. The molecular weight excluding hydrogens is 214 g/mol. The molecule has 0 radical (unpaired) electrons. The minimum atomic E-state index is -0.851. The fourth-order valence-corrected chi connectivity index (χ4v) is 2.14. The van der Waals surface area contributed by atoms with E-state index in [4.69, 9.17) is 19.7 Å². The van der Waals surface area contributed by atoms with Crippen LogP contribution < -0.4 is 0 Å². The van der Waals surface area contributed by atoms with Crippen LogP contribution in [0.25, 0.3) is 10.4 Å². The molecule has 7 nitrogen and oxygen atoms in total. The maximum Gasteiger partial charge on any atom is 0.155 e. The highest BCUT2D eigenvalue weighted by molar-refractivity contribution is 4.97. The molecule has 0 aromatic carbocycles. The van der Waals surface area contributed by atoms with Gasteiger partial charge in [0.05, 0.1) is 24.9 Å². The van der Waals surface area contributed by atoms with Gasteiger partial charge in [0.25, 0.3) is 0 Å². The normalized spacial score (nSPS) is 47.9. The van der Waals surface area contributed by atoms with Crippen LogP contribution in [0.5, 0.6) is 0 Å². The van der Waals surface area contributed by atoms with Crippen LogP contribution in [0.4, 0.5) is 0 Å². The van der Waals surface area contributed by atoms with Gasteiger partial charge in [-0.3, -0.25) is 0 Å². The van der Waals surface area contributed by atoms with Gasteiger partial charge in [-0.05, 0) is 19.4 Å². The quantitative estimate of drug-likeness (QED) is 0.404. The maximum absolute atomic E-state index is 10.1. The Hall–Kier alpha value is -0.850. The molecule has 0 amide bonds. The van der Waals surface area contributed by atoms with E-state index in [0.717, 1.165) is 0 Å². The Balaban J connectivity index is 2.14. The summed E-state index contributed by atoms with van der Waals surface area (Å²) in [7, 11) is 0. The second-order valence-electron chi connectivity index (χ2n) is 4.07. The zero-order chi connectivity index (χ0) is 11.7. The maximum atomic E-state index is 10.1. The number of nitrogens with zero attached hydrogens (tertiary/aromatic N) is 3. The summed E-state index contributed by atoms with van der Waals surface area (Å²) in [6, 6.07) is -0.614. The van der Waals surface area contributed by atoms with Crippen molar-refractivity contribution in [3.8, 4) is 0 Å². The molecule has 2 saturated heterocycles. The third kappa shape index (κ3) is 2.00. The van der Waals surface area contributed by atoms with Gasteiger partial charge in [0, 0.05) is 4.91 Å².